The van der Waals surface area contributed by atoms with E-state index < -0.39 is 16.3 Å². The predicted octanol–water partition coefficient (Wildman–Crippen LogP) is 3.77. The summed E-state index contributed by atoms with van der Waals surface area (Å²) in [5.41, 5.74) is 0.759. The molecule has 0 fully saturated rings. The van der Waals surface area contributed by atoms with E-state index in [2.05, 4.69) is 0 Å². The first-order valence-corrected chi connectivity index (χ1v) is 7.09. The first-order chi connectivity index (χ1) is 8.91. The molecule has 2 nitrogen and oxygen atoms in total. The molecular weight excluding hydrogens is 270 g/mol. The predicted molar refractivity (Wildman–Crippen MR) is 68.0 cm³/mol. The van der Waals surface area contributed by atoms with Gasteiger partial charge < -0.3 is 0 Å². The van der Waals surface area contributed by atoms with Crippen molar-refractivity contribution in [3.8, 4) is 0 Å². The number of sulfone groups is 1. The zero-order chi connectivity index (χ0) is 14.0. The van der Waals surface area contributed by atoms with Gasteiger partial charge in [0.1, 0.15) is 0 Å². The van der Waals surface area contributed by atoms with Crippen molar-refractivity contribution < 1.29 is 17.2 Å². The van der Waals surface area contributed by atoms with Crippen LogP contribution < -0.4 is 0 Å². The van der Waals surface area contributed by atoms with Crippen molar-refractivity contribution in [3.63, 3.8) is 0 Å². The van der Waals surface area contributed by atoms with Gasteiger partial charge in [-0.25, -0.2) is 17.2 Å². The van der Waals surface area contributed by atoms with Gasteiger partial charge in [-0.3, -0.25) is 0 Å². The van der Waals surface area contributed by atoms with E-state index >= 15 is 0 Å². The zero-order valence-corrected chi connectivity index (χ0v) is 11.0. The molecule has 0 saturated carbocycles. The fourth-order valence-corrected chi connectivity index (χ4v) is 2.91. The van der Waals surface area contributed by atoms with Crippen molar-refractivity contribution in [1.82, 2.24) is 0 Å². The summed E-state index contributed by atoms with van der Waals surface area (Å²) in [6.07, 6.45) is -2.60. The van der Waals surface area contributed by atoms with Crippen LogP contribution in [0.25, 0.3) is 0 Å². The second-order valence-electron chi connectivity index (χ2n) is 4.19. The van der Waals surface area contributed by atoms with E-state index in [1.54, 1.807) is 12.1 Å². The van der Waals surface area contributed by atoms with Gasteiger partial charge in [0, 0.05) is 5.56 Å². The lowest BCUT2D eigenvalue weighted by atomic mass is 10.2. The van der Waals surface area contributed by atoms with Crippen LogP contribution in [0, 0.1) is 6.92 Å². The third-order valence-corrected chi connectivity index (χ3v) is 4.56. The van der Waals surface area contributed by atoms with Crippen LogP contribution in [0.3, 0.4) is 0 Å². The normalized spacial score (nSPS) is 11.8. The van der Waals surface area contributed by atoms with Crippen LogP contribution in [-0.4, -0.2) is 8.42 Å². The van der Waals surface area contributed by atoms with E-state index in [9.17, 15) is 17.2 Å². The summed E-state index contributed by atoms with van der Waals surface area (Å²) in [6, 6.07) is 11.1. The first kappa shape index (κ1) is 13.7. The van der Waals surface area contributed by atoms with Crippen molar-refractivity contribution >= 4 is 9.84 Å². The van der Waals surface area contributed by atoms with E-state index in [4.69, 9.17) is 0 Å². The van der Waals surface area contributed by atoms with Crippen molar-refractivity contribution in [2.75, 3.05) is 0 Å². The number of benzene rings is 2. The molecule has 0 heterocycles. The molecule has 0 aliphatic heterocycles. The molecule has 100 valence electrons. The smallest absolute Gasteiger partial charge is 0.219 e. The molecule has 0 atom stereocenters. The minimum Gasteiger partial charge on any atom is -0.219 e. The Labute approximate surface area is 110 Å². The number of halogens is 2. The molecular formula is C14H12F2O2S. The molecule has 0 radical (unpaired) electrons. The highest BCUT2D eigenvalue weighted by molar-refractivity contribution is 7.91. The lowest BCUT2D eigenvalue weighted by Gasteiger charge is -2.06. The van der Waals surface area contributed by atoms with Crippen LogP contribution in [-0.2, 0) is 9.84 Å². The summed E-state index contributed by atoms with van der Waals surface area (Å²) in [5.74, 6) is 0. The van der Waals surface area contributed by atoms with Crippen LogP contribution in [0.15, 0.2) is 58.3 Å². The summed E-state index contributed by atoms with van der Waals surface area (Å²) >= 11 is 0. The van der Waals surface area contributed by atoms with Gasteiger partial charge in [-0.1, -0.05) is 29.8 Å². The Hall–Kier alpha value is -1.75. The van der Waals surface area contributed by atoms with Gasteiger partial charge in [0.2, 0.25) is 9.84 Å². The molecule has 0 aliphatic carbocycles. The van der Waals surface area contributed by atoms with Crippen LogP contribution in [0.4, 0.5) is 8.78 Å². The van der Waals surface area contributed by atoms with E-state index in [0.29, 0.717) is 0 Å². The maximum absolute atomic E-state index is 12.4. The third kappa shape index (κ3) is 2.81. The Bertz CT molecular complexity index is 660. The van der Waals surface area contributed by atoms with Crippen LogP contribution in [0.5, 0.6) is 0 Å². The monoisotopic (exact) mass is 282 g/mol. The SMILES string of the molecule is Cc1ccc(S(=O)(=O)c2ccc(C(F)F)cc2)cc1. The molecule has 0 aliphatic rings. The van der Waals surface area contributed by atoms with Gasteiger partial charge >= 0.3 is 0 Å². The lowest BCUT2D eigenvalue weighted by Crippen LogP contribution is -2.02. The van der Waals surface area contributed by atoms with Crippen LogP contribution >= 0.6 is 0 Å². The molecule has 0 unspecified atom stereocenters. The minimum atomic E-state index is -3.64. The molecule has 19 heavy (non-hydrogen) atoms. The van der Waals surface area contributed by atoms with Gasteiger partial charge in [0.05, 0.1) is 9.79 Å². The Kier molecular flexibility index (Phi) is 3.66. The quantitative estimate of drug-likeness (QED) is 0.859. The van der Waals surface area contributed by atoms with Crippen molar-refractivity contribution in [3.05, 3.63) is 59.7 Å². The van der Waals surface area contributed by atoms with E-state index in [-0.39, 0.29) is 15.4 Å². The lowest BCUT2D eigenvalue weighted by molar-refractivity contribution is 0.151. The van der Waals surface area contributed by atoms with Crippen molar-refractivity contribution in [2.45, 2.75) is 23.1 Å². The summed E-state index contributed by atoms with van der Waals surface area (Å²) in [6.45, 7) is 1.85. The fraction of sp³-hybridized carbons (Fsp3) is 0.143. The maximum Gasteiger partial charge on any atom is 0.263 e. The molecule has 2 aromatic carbocycles. The van der Waals surface area contributed by atoms with E-state index in [1.165, 1.54) is 24.3 Å². The fourth-order valence-electron chi connectivity index (χ4n) is 1.65. The molecule has 2 rings (SSSR count). The van der Waals surface area contributed by atoms with Gasteiger partial charge in [0.25, 0.3) is 6.43 Å². The molecule has 2 aromatic rings. The van der Waals surface area contributed by atoms with E-state index in [1.807, 2.05) is 6.92 Å². The topological polar surface area (TPSA) is 34.1 Å². The Morgan fingerprint density at radius 3 is 1.68 bits per heavy atom. The molecule has 0 N–H and O–H groups in total. The van der Waals surface area contributed by atoms with Gasteiger partial charge in [-0.2, -0.15) is 0 Å². The summed E-state index contributed by atoms with van der Waals surface area (Å²) in [4.78, 5) is 0.170. The molecule has 0 aromatic heterocycles. The highest BCUT2D eigenvalue weighted by Crippen LogP contribution is 2.24. The number of alkyl halides is 2. The van der Waals surface area contributed by atoms with E-state index in [0.717, 1.165) is 17.7 Å². The summed E-state index contributed by atoms with van der Waals surface area (Å²) in [7, 11) is -3.64. The highest BCUT2D eigenvalue weighted by atomic mass is 32.2. The van der Waals surface area contributed by atoms with Crippen LogP contribution in [0.1, 0.15) is 17.6 Å². The molecule has 0 spiro atoms. The first-order valence-electron chi connectivity index (χ1n) is 5.61. The largest absolute Gasteiger partial charge is 0.263 e. The van der Waals surface area contributed by atoms with Crippen LogP contribution in [0.2, 0.25) is 0 Å². The third-order valence-electron chi connectivity index (χ3n) is 2.77. The summed E-state index contributed by atoms with van der Waals surface area (Å²) in [5, 5.41) is 0. The van der Waals surface area contributed by atoms with Gasteiger partial charge in [-0.15, -0.1) is 0 Å². The maximum atomic E-state index is 12.4. The number of hydrogen-bond acceptors (Lipinski definition) is 2. The van der Waals surface area contributed by atoms with Gasteiger partial charge in [0.15, 0.2) is 0 Å². The average Bonchev–Trinajstić information content (AvgIpc) is 2.39. The molecule has 5 heteroatoms. The number of hydrogen-bond donors (Lipinski definition) is 0. The zero-order valence-electron chi connectivity index (χ0n) is 10.2. The number of rotatable bonds is 3. The average molecular weight is 282 g/mol. The second-order valence-corrected chi connectivity index (χ2v) is 6.14. The molecule has 0 amide bonds. The highest BCUT2D eigenvalue weighted by Gasteiger charge is 2.18. The second kappa shape index (κ2) is 5.09. The summed E-state index contributed by atoms with van der Waals surface area (Å²) < 4.78 is 49.3. The Morgan fingerprint density at radius 2 is 1.26 bits per heavy atom. The standard InChI is InChI=1S/C14H12F2O2S/c1-10-2-6-12(7-3-10)19(17,18)13-8-4-11(5-9-13)14(15)16/h2-9,14H,1H3. The van der Waals surface area contributed by atoms with Crippen molar-refractivity contribution in [2.24, 2.45) is 0 Å². The molecule has 0 bridgehead atoms. The Morgan fingerprint density at radius 1 is 0.842 bits per heavy atom. The van der Waals surface area contributed by atoms with Gasteiger partial charge in [-0.05, 0) is 31.2 Å². The minimum absolute atomic E-state index is 0.0146. The van der Waals surface area contributed by atoms with Crippen molar-refractivity contribution in [1.29, 1.82) is 0 Å². The Balaban J connectivity index is 2.42. The molecule has 0 saturated heterocycles. The number of aryl methyl sites for hydroxylation is 1.